The van der Waals surface area contributed by atoms with Gasteiger partial charge in [-0.15, -0.1) is 0 Å². The third-order valence-corrected chi connectivity index (χ3v) is 2.56. The van der Waals surface area contributed by atoms with E-state index in [1.165, 1.54) is 38.2 Å². The van der Waals surface area contributed by atoms with Crippen LogP contribution in [0.3, 0.4) is 0 Å². The lowest BCUT2D eigenvalue weighted by Crippen LogP contribution is -2.05. The lowest BCUT2D eigenvalue weighted by atomic mass is 9.93. The van der Waals surface area contributed by atoms with Gasteiger partial charge in [-0.25, -0.2) is 4.79 Å². The molecule has 0 aromatic rings. The summed E-state index contributed by atoms with van der Waals surface area (Å²) in [6, 6.07) is 0. The lowest BCUT2D eigenvalue weighted by Gasteiger charge is -2.14. The van der Waals surface area contributed by atoms with Gasteiger partial charge < -0.3 is 4.74 Å². The maximum Gasteiger partial charge on any atom is 0.330 e. The zero-order valence-corrected chi connectivity index (χ0v) is 10.1. The number of ether oxygens (including phenoxy) is 1. The Morgan fingerprint density at radius 3 is 2.33 bits per heavy atom. The summed E-state index contributed by atoms with van der Waals surface area (Å²) >= 11 is 0. The van der Waals surface area contributed by atoms with Gasteiger partial charge in [0.25, 0.3) is 0 Å². The molecule has 0 saturated heterocycles. The summed E-state index contributed by atoms with van der Waals surface area (Å²) in [5.74, 6) is 0.500. The first-order valence-electron chi connectivity index (χ1n) is 6.03. The van der Waals surface area contributed by atoms with Crippen LogP contribution >= 0.6 is 0 Å². The zero-order valence-electron chi connectivity index (χ0n) is 10.1. The van der Waals surface area contributed by atoms with Gasteiger partial charge in [0.1, 0.15) is 0 Å². The van der Waals surface area contributed by atoms with E-state index in [1.807, 2.05) is 0 Å². The summed E-state index contributed by atoms with van der Waals surface area (Å²) in [4.78, 5) is 10.8. The van der Waals surface area contributed by atoms with Crippen LogP contribution in [0.2, 0.25) is 0 Å². The van der Waals surface area contributed by atoms with Crippen LogP contribution in [0.4, 0.5) is 0 Å². The van der Waals surface area contributed by atoms with Crippen LogP contribution in [0.1, 0.15) is 52.4 Å². The van der Waals surface area contributed by atoms with E-state index in [1.54, 1.807) is 0 Å². The molecular weight excluding hydrogens is 188 g/mol. The third-order valence-electron chi connectivity index (χ3n) is 2.56. The Hall–Kier alpha value is -0.790. The van der Waals surface area contributed by atoms with E-state index < -0.39 is 0 Å². The molecule has 0 heterocycles. The predicted molar refractivity (Wildman–Crippen MR) is 63.7 cm³/mol. The summed E-state index contributed by atoms with van der Waals surface area (Å²) in [6.07, 6.45) is 8.45. The van der Waals surface area contributed by atoms with Gasteiger partial charge in [0.15, 0.2) is 0 Å². The molecular formula is C13H24O2. The molecule has 0 aliphatic rings. The van der Waals surface area contributed by atoms with Crippen LogP contribution in [0.15, 0.2) is 12.7 Å². The van der Waals surface area contributed by atoms with E-state index in [-0.39, 0.29) is 5.97 Å². The Bertz CT molecular complexity index is 169. The van der Waals surface area contributed by atoms with Crippen molar-refractivity contribution in [3.05, 3.63) is 12.7 Å². The number of carbonyl (C=O) groups excluding carboxylic acids is 1. The van der Waals surface area contributed by atoms with Crippen molar-refractivity contribution in [3.63, 3.8) is 0 Å². The molecule has 0 rings (SSSR count). The van der Waals surface area contributed by atoms with Crippen LogP contribution in [0.25, 0.3) is 0 Å². The van der Waals surface area contributed by atoms with Crippen molar-refractivity contribution in [2.45, 2.75) is 52.4 Å². The maximum absolute atomic E-state index is 10.8. The molecule has 2 heteroatoms. The number of rotatable bonds is 9. The molecule has 0 unspecified atom stereocenters. The molecule has 0 aromatic heterocycles. The largest absolute Gasteiger partial charge is 0.463 e. The predicted octanol–water partition coefficient (Wildman–Crippen LogP) is 3.71. The molecule has 0 radical (unpaired) electrons. The Kier molecular flexibility index (Phi) is 9.24. The Labute approximate surface area is 93.7 Å². The second kappa shape index (κ2) is 9.75. The minimum atomic E-state index is -0.308. The fourth-order valence-corrected chi connectivity index (χ4v) is 1.85. The van der Waals surface area contributed by atoms with E-state index in [4.69, 9.17) is 4.74 Å². The molecule has 88 valence electrons. The molecule has 0 aliphatic heterocycles. The fraction of sp³-hybridized carbons (Fsp3) is 0.769. The minimum Gasteiger partial charge on any atom is -0.463 e. The maximum atomic E-state index is 10.8. The highest BCUT2D eigenvalue weighted by atomic mass is 16.5. The van der Waals surface area contributed by atoms with Crippen molar-refractivity contribution in [1.82, 2.24) is 0 Å². The number of hydrogen-bond donors (Lipinski definition) is 0. The van der Waals surface area contributed by atoms with Crippen molar-refractivity contribution in [1.29, 1.82) is 0 Å². The van der Waals surface area contributed by atoms with E-state index in [0.717, 1.165) is 12.3 Å². The van der Waals surface area contributed by atoms with Crippen molar-refractivity contribution in [3.8, 4) is 0 Å². The average Bonchev–Trinajstić information content (AvgIpc) is 2.24. The van der Waals surface area contributed by atoms with Gasteiger partial charge in [0, 0.05) is 6.08 Å². The molecule has 15 heavy (non-hydrogen) atoms. The standard InChI is InChI=1S/C13H24O2/c1-4-8-12(9-5-2)10-7-11-15-13(14)6-3/h6,12H,3-5,7-11H2,1-2H3. The highest BCUT2D eigenvalue weighted by molar-refractivity contribution is 5.81. The Morgan fingerprint density at radius 1 is 1.27 bits per heavy atom. The van der Waals surface area contributed by atoms with Crippen molar-refractivity contribution in [2.24, 2.45) is 5.92 Å². The van der Waals surface area contributed by atoms with Gasteiger partial charge in [0.2, 0.25) is 0 Å². The highest BCUT2D eigenvalue weighted by Gasteiger charge is 2.06. The summed E-state index contributed by atoms with van der Waals surface area (Å²) in [7, 11) is 0. The molecule has 0 saturated carbocycles. The van der Waals surface area contributed by atoms with Crippen LogP contribution in [0, 0.1) is 5.92 Å². The highest BCUT2D eigenvalue weighted by Crippen LogP contribution is 2.19. The molecule has 0 atom stereocenters. The third kappa shape index (κ3) is 8.22. The average molecular weight is 212 g/mol. The molecule has 0 N–H and O–H groups in total. The van der Waals surface area contributed by atoms with Crippen molar-refractivity contribution < 1.29 is 9.53 Å². The molecule has 0 aromatic carbocycles. The van der Waals surface area contributed by atoms with Crippen LogP contribution in [0.5, 0.6) is 0 Å². The normalized spacial score (nSPS) is 10.3. The first-order chi connectivity index (χ1) is 7.24. The van der Waals surface area contributed by atoms with Gasteiger partial charge in [0.05, 0.1) is 6.61 Å². The molecule has 0 amide bonds. The van der Waals surface area contributed by atoms with Crippen LogP contribution < -0.4 is 0 Å². The van der Waals surface area contributed by atoms with Gasteiger partial charge >= 0.3 is 5.97 Å². The van der Waals surface area contributed by atoms with Crippen molar-refractivity contribution in [2.75, 3.05) is 6.61 Å². The van der Waals surface area contributed by atoms with E-state index in [9.17, 15) is 4.79 Å². The zero-order chi connectivity index (χ0) is 11.5. The fourth-order valence-electron chi connectivity index (χ4n) is 1.85. The monoisotopic (exact) mass is 212 g/mol. The Balaban J connectivity index is 3.52. The van der Waals surface area contributed by atoms with Gasteiger partial charge in [-0.05, 0) is 18.8 Å². The van der Waals surface area contributed by atoms with Crippen LogP contribution in [-0.4, -0.2) is 12.6 Å². The van der Waals surface area contributed by atoms with Gasteiger partial charge in [-0.3, -0.25) is 0 Å². The minimum absolute atomic E-state index is 0.308. The first kappa shape index (κ1) is 14.2. The SMILES string of the molecule is C=CC(=O)OCCCC(CCC)CCC. The second-order valence-electron chi connectivity index (χ2n) is 3.96. The number of carbonyl (C=O) groups is 1. The molecule has 0 fully saturated rings. The Morgan fingerprint density at radius 2 is 1.87 bits per heavy atom. The summed E-state index contributed by atoms with van der Waals surface area (Å²) in [6.45, 7) is 8.34. The topological polar surface area (TPSA) is 26.3 Å². The van der Waals surface area contributed by atoms with Crippen molar-refractivity contribution >= 4 is 5.97 Å². The summed E-state index contributed by atoms with van der Waals surface area (Å²) in [5.41, 5.74) is 0. The molecule has 2 nitrogen and oxygen atoms in total. The van der Waals surface area contributed by atoms with Crippen LogP contribution in [-0.2, 0) is 9.53 Å². The summed E-state index contributed by atoms with van der Waals surface area (Å²) in [5, 5.41) is 0. The van der Waals surface area contributed by atoms with E-state index in [2.05, 4.69) is 20.4 Å². The van der Waals surface area contributed by atoms with E-state index in [0.29, 0.717) is 6.61 Å². The second-order valence-corrected chi connectivity index (χ2v) is 3.96. The smallest absolute Gasteiger partial charge is 0.330 e. The first-order valence-corrected chi connectivity index (χ1v) is 6.03. The van der Waals surface area contributed by atoms with Gasteiger partial charge in [-0.2, -0.15) is 0 Å². The number of hydrogen-bond acceptors (Lipinski definition) is 2. The quantitative estimate of drug-likeness (QED) is 0.331. The van der Waals surface area contributed by atoms with E-state index >= 15 is 0 Å². The molecule has 0 bridgehead atoms. The molecule has 0 spiro atoms. The molecule has 0 aliphatic carbocycles. The lowest BCUT2D eigenvalue weighted by molar-refractivity contribution is -0.137. The van der Waals surface area contributed by atoms with Gasteiger partial charge in [-0.1, -0.05) is 46.1 Å². The number of esters is 1. The summed E-state index contributed by atoms with van der Waals surface area (Å²) < 4.78 is 4.94.